The Morgan fingerprint density at radius 2 is 2.07 bits per heavy atom. The van der Waals surface area contributed by atoms with E-state index in [1.165, 1.54) is 17.8 Å². The quantitative estimate of drug-likeness (QED) is 0.561. The first-order valence-electron chi connectivity index (χ1n) is 9.64. The average molecular weight is 439 g/mol. The van der Waals surface area contributed by atoms with Crippen molar-refractivity contribution in [2.45, 2.75) is 56.6 Å². The zero-order valence-electron chi connectivity index (χ0n) is 17.2. The molecule has 0 N–H and O–H groups in total. The Bertz CT molecular complexity index is 843. The summed E-state index contributed by atoms with van der Waals surface area (Å²) in [4.78, 5) is 19.5. The lowest BCUT2D eigenvalue weighted by Gasteiger charge is -2.32. The predicted molar refractivity (Wildman–Crippen MR) is 114 cm³/mol. The molecule has 1 fully saturated rings. The van der Waals surface area contributed by atoms with Crippen LogP contribution in [0.5, 0.6) is 5.75 Å². The van der Waals surface area contributed by atoms with E-state index in [2.05, 4.69) is 4.98 Å². The molecule has 1 aliphatic rings. The molecule has 5 nitrogen and oxygen atoms in total. The summed E-state index contributed by atoms with van der Waals surface area (Å²) in [6.45, 7) is 7.19. The molecule has 0 saturated carbocycles. The van der Waals surface area contributed by atoms with Crippen LogP contribution in [0.25, 0.3) is 0 Å². The van der Waals surface area contributed by atoms with Crippen LogP contribution >= 0.6 is 23.1 Å². The summed E-state index contributed by atoms with van der Waals surface area (Å²) in [7, 11) is 0. The molecule has 1 aromatic carbocycles. The van der Waals surface area contributed by atoms with Gasteiger partial charge in [0.25, 0.3) is 0 Å². The lowest BCUT2D eigenvalue weighted by Crippen LogP contribution is -2.41. The van der Waals surface area contributed by atoms with Crippen LogP contribution in [0.2, 0.25) is 0 Å². The van der Waals surface area contributed by atoms with E-state index >= 15 is 0 Å². The van der Waals surface area contributed by atoms with Crippen LogP contribution in [-0.2, 0) is 11.3 Å². The molecule has 2 aromatic rings. The van der Waals surface area contributed by atoms with Crippen molar-refractivity contribution < 1.29 is 18.7 Å². The second-order valence-electron chi connectivity index (χ2n) is 8.00. The maximum atomic E-state index is 14.0. The van der Waals surface area contributed by atoms with Crippen LogP contribution in [0.1, 0.15) is 50.2 Å². The molecule has 29 heavy (non-hydrogen) atoms. The number of thiazole rings is 1. The van der Waals surface area contributed by atoms with Gasteiger partial charge < -0.3 is 14.4 Å². The highest BCUT2D eigenvalue weighted by Gasteiger charge is 2.28. The van der Waals surface area contributed by atoms with Gasteiger partial charge in [-0.05, 0) is 58.1 Å². The lowest BCUT2D eigenvalue weighted by molar-refractivity contribution is 0.0204. The van der Waals surface area contributed by atoms with Gasteiger partial charge in [0.05, 0.1) is 10.7 Å². The zero-order chi connectivity index (χ0) is 21.0. The molecule has 0 radical (unpaired) electrons. The maximum Gasteiger partial charge on any atom is 0.410 e. The SMILES string of the molecule is CSc1ccc(OCc2csc(C3CCN(C(=O)OC(C)(C)C)CC3)n2)c(F)c1. The summed E-state index contributed by atoms with van der Waals surface area (Å²) >= 11 is 3.09. The highest BCUT2D eigenvalue weighted by atomic mass is 32.2. The van der Waals surface area contributed by atoms with Crippen molar-refractivity contribution in [3.8, 4) is 5.75 Å². The number of piperidine rings is 1. The molecule has 8 heteroatoms. The fraction of sp³-hybridized carbons (Fsp3) is 0.524. The van der Waals surface area contributed by atoms with E-state index in [1.807, 2.05) is 38.5 Å². The summed E-state index contributed by atoms with van der Waals surface area (Å²) in [5.41, 5.74) is 0.320. The van der Waals surface area contributed by atoms with Gasteiger partial charge in [0.1, 0.15) is 12.2 Å². The number of rotatable bonds is 5. The minimum Gasteiger partial charge on any atom is -0.484 e. The molecule has 1 aliphatic heterocycles. The van der Waals surface area contributed by atoms with Crippen molar-refractivity contribution in [1.29, 1.82) is 0 Å². The van der Waals surface area contributed by atoms with Crippen molar-refractivity contribution in [3.63, 3.8) is 0 Å². The summed E-state index contributed by atoms with van der Waals surface area (Å²) in [6, 6.07) is 4.97. The standard InChI is InChI=1S/C21H27FN2O3S2/c1-21(2,3)27-20(25)24-9-7-14(8-10-24)19-23-15(13-29-19)12-26-18-6-5-16(28-4)11-17(18)22/h5-6,11,13-14H,7-10,12H2,1-4H3. The third-order valence-electron chi connectivity index (χ3n) is 4.58. The topological polar surface area (TPSA) is 51.7 Å². The number of amides is 1. The summed E-state index contributed by atoms with van der Waals surface area (Å²) in [5, 5.41) is 3.01. The first-order valence-corrected chi connectivity index (χ1v) is 11.7. The van der Waals surface area contributed by atoms with Crippen LogP contribution in [-0.4, -0.2) is 40.9 Å². The predicted octanol–water partition coefficient (Wildman–Crippen LogP) is 5.70. The van der Waals surface area contributed by atoms with E-state index in [4.69, 9.17) is 9.47 Å². The van der Waals surface area contributed by atoms with E-state index in [9.17, 15) is 9.18 Å². The molecule has 158 valence electrons. The first-order chi connectivity index (χ1) is 13.7. The number of carbonyl (C=O) groups is 1. The Labute approximate surface area is 179 Å². The number of nitrogens with zero attached hydrogens (tertiary/aromatic N) is 2. The summed E-state index contributed by atoms with van der Waals surface area (Å²) in [5.74, 6) is 0.204. The lowest BCUT2D eigenvalue weighted by atomic mass is 9.98. The van der Waals surface area contributed by atoms with Crippen LogP contribution in [0.3, 0.4) is 0 Å². The molecule has 0 bridgehead atoms. The van der Waals surface area contributed by atoms with E-state index in [-0.39, 0.29) is 24.3 Å². The van der Waals surface area contributed by atoms with E-state index < -0.39 is 5.60 Å². The first kappa shape index (κ1) is 21.9. The number of benzene rings is 1. The van der Waals surface area contributed by atoms with E-state index in [0.717, 1.165) is 28.4 Å². The number of halogens is 1. The molecule has 1 saturated heterocycles. The number of hydrogen-bond acceptors (Lipinski definition) is 6. The van der Waals surface area contributed by atoms with E-state index in [1.54, 1.807) is 22.3 Å². The molecule has 3 rings (SSSR count). The fourth-order valence-corrected chi connectivity index (χ4v) is 4.49. The second kappa shape index (κ2) is 9.34. The molecule has 2 heterocycles. The highest BCUT2D eigenvalue weighted by molar-refractivity contribution is 7.98. The number of likely N-dealkylation sites (tertiary alicyclic amines) is 1. The normalized spacial score (nSPS) is 15.4. The van der Waals surface area contributed by atoms with Crippen molar-refractivity contribution in [2.75, 3.05) is 19.3 Å². The van der Waals surface area contributed by atoms with Gasteiger partial charge in [-0.15, -0.1) is 23.1 Å². The van der Waals surface area contributed by atoms with Gasteiger partial charge in [0.2, 0.25) is 0 Å². The van der Waals surface area contributed by atoms with Crippen molar-refractivity contribution in [1.82, 2.24) is 9.88 Å². The van der Waals surface area contributed by atoms with Crippen LogP contribution in [0.4, 0.5) is 9.18 Å². The largest absolute Gasteiger partial charge is 0.484 e. The van der Waals surface area contributed by atoms with E-state index in [0.29, 0.717) is 19.0 Å². The molecule has 1 amide bonds. The number of carbonyl (C=O) groups excluding carboxylic acids is 1. The monoisotopic (exact) mass is 438 g/mol. The van der Waals surface area contributed by atoms with Gasteiger partial charge in [-0.3, -0.25) is 0 Å². The zero-order valence-corrected chi connectivity index (χ0v) is 18.9. The molecular formula is C21H27FN2O3S2. The van der Waals surface area contributed by atoms with Gasteiger partial charge >= 0.3 is 6.09 Å². The number of aromatic nitrogens is 1. The number of hydrogen-bond donors (Lipinski definition) is 0. The second-order valence-corrected chi connectivity index (χ2v) is 9.77. The fourth-order valence-electron chi connectivity index (χ4n) is 3.09. The number of thioether (sulfide) groups is 1. The highest BCUT2D eigenvalue weighted by Crippen LogP contribution is 2.31. The van der Waals surface area contributed by atoms with Gasteiger partial charge in [0.15, 0.2) is 11.6 Å². The molecule has 0 aliphatic carbocycles. The molecule has 0 unspecified atom stereocenters. The van der Waals surface area contributed by atoms with Gasteiger partial charge in [-0.2, -0.15) is 0 Å². The Morgan fingerprint density at radius 3 is 2.69 bits per heavy atom. The Hall–Kier alpha value is -1.80. The third-order valence-corrected chi connectivity index (χ3v) is 6.36. The summed E-state index contributed by atoms with van der Waals surface area (Å²) in [6.07, 6.45) is 3.37. The van der Waals surface area contributed by atoms with Crippen molar-refractivity contribution in [2.24, 2.45) is 0 Å². The van der Waals surface area contributed by atoms with Crippen molar-refractivity contribution >= 4 is 29.2 Å². The average Bonchev–Trinajstić information content (AvgIpc) is 3.15. The molecule has 1 aromatic heterocycles. The Morgan fingerprint density at radius 1 is 1.34 bits per heavy atom. The Balaban J connectivity index is 1.51. The Kier molecular flexibility index (Phi) is 7.05. The van der Waals surface area contributed by atoms with Gasteiger partial charge in [0, 0.05) is 29.3 Å². The van der Waals surface area contributed by atoms with Crippen LogP contribution < -0.4 is 4.74 Å². The van der Waals surface area contributed by atoms with Gasteiger partial charge in [-0.1, -0.05) is 0 Å². The minimum absolute atomic E-state index is 0.239. The third kappa shape index (κ3) is 6.09. The number of ether oxygens (including phenoxy) is 2. The van der Waals surface area contributed by atoms with Crippen molar-refractivity contribution in [3.05, 3.63) is 40.1 Å². The maximum absolute atomic E-state index is 14.0. The smallest absolute Gasteiger partial charge is 0.410 e. The summed E-state index contributed by atoms with van der Waals surface area (Å²) < 4.78 is 25.1. The van der Waals surface area contributed by atoms with Crippen LogP contribution in [0, 0.1) is 5.82 Å². The van der Waals surface area contributed by atoms with Crippen LogP contribution in [0.15, 0.2) is 28.5 Å². The minimum atomic E-state index is -0.479. The molecular weight excluding hydrogens is 411 g/mol. The molecule has 0 spiro atoms. The van der Waals surface area contributed by atoms with Gasteiger partial charge in [-0.25, -0.2) is 14.2 Å². The molecule has 0 atom stereocenters.